The third kappa shape index (κ3) is 6.76. The molecular weight excluding hydrogens is 515 g/mol. The van der Waals surface area contributed by atoms with E-state index in [4.69, 9.17) is 32.7 Å². The number of carbonyl (C=O) groups excluding carboxylic acids is 2. The Kier molecular flexibility index (Phi) is 8.62. The molecule has 3 aromatic carbocycles. The van der Waals surface area contributed by atoms with Crippen LogP contribution in [0.3, 0.4) is 0 Å². The van der Waals surface area contributed by atoms with Gasteiger partial charge in [-0.1, -0.05) is 65.7 Å². The van der Waals surface area contributed by atoms with Crippen molar-refractivity contribution >= 4 is 35.1 Å². The first-order valence-corrected chi connectivity index (χ1v) is 12.7. The van der Waals surface area contributed by atoms with Crippen LogP contribution >= 0.6 is 23.2 Å². The van der Waals surface area contributed by atoms with Crippen LogP contribution in [0.5, 0.6) is 11.5 Å². The van der Waals surface area contributed by atoms with E-state index in [1.807, 2.05) is 48.5 Å². The summed E-state index contributed by atoms with van der Waals surface area (Å²) >= 11 is 12.1. The maximum atomic E-state index is 11.5. The first-order valence-electron chi connectivity index (χ1n) is 11.9. The zero-order valence-corrected chi connectivity index (χ0v) is 22.0. The summed E-state index contributed by atoms with van der Waals surface area (Å²) in [4.78, 5) is 22.7. The molecule has 0 amide bonds. The van der Waals surface area contributed by atoms with Crippen LogP contribution in [0.25, 0.3) is 0 Å². The highest BCUT2D eigenvalue weighted by Gasteiger charge is 2.45. The molecule has 0 heterocycles. The highest BCUT2D eigenvalue weighted by molar-refractivity contribution is 6.32. The molecule has 2 fully saturated rings. The van der Waals surface area contributed by atoms with E-state index in [1.54, 1.807) is 18.2 Å². The Morgan fingerprint density at radius 3 is 1.86 bits per heavy atom. The normalized spacial score (nSPS) is 21.2. The molecule has 194 valence electrons. The van der Waals surface area contributed by atoms with Crippen molar-refractivity contribution in [3.05, 3.63) is 93.5 Å². The molecule has 0 aliphatic heterocycles. The van der Waals surface area contributed by atoms with Gasteiger partial charge in [0.25, 0.3) is 0 Å². The van der Waals surface area contributed by atoms with E-state index in [0.29, 0.717) is 22.4 Å². The fraction of sp³-hybridized carbons (Fsp3) is 0.310. The lowest BCUT2D eigenvalue weighted by Crippen LogP contribution is -2.04. The molecule has 2 saturated carbocycles. The average Bonchev–Trinajstić information content (AvgIpc) is 3.84. The molecule has 0 bridgehead atoms. The predicted molar refractivity (Wildman–Crippen MR) is 141 cm³/mol. The number of hydrogen-bond acceptors (Lipinski definition) is 6. The Morgan fingerprint density at radius 2 is 1.35 bits per heavy atom. The van der Waals surface area contributed by atoms with Crippen molar-refractivity contribution < 1.29 is 28.9 Å². The van der Waals surface area contributed by atoms with Crippen LogP contribution in [0.2, 0.25) is 10.0 Å². The summed E-state index contributed by atoms with van der Waals surface area (Å²) < 4.78 is 15.2. The Morgan fingerprint density at radius 1 is 0.811 bits per heavy atom. The van der Waals surface area contributed by atoms with Gasteiger partial charge in [-0.15, -0.1) is 0 Å². The zero-order chi connectivity index (χ0) is 26.5. The number of benzene rings is 3. The van der Waals surface area contributed by atoms with Crippen LogP contribution < -0.4 is 4.74 Å². The van der Waals surface area contributed by atoms with E-state index >= 15 is 0 Å². The summed E-state index contributed by atoms with van der Waals surface area (Å²) in [5, 5.41) is 10.1. The van der Waals surface area contributed by atoms with Crippen LogP contribution in [-0.4, -0.2) is 31.3 Å². The Bertz CT molecular complexity index is 1260. The van der Waals surface area contributed by atoms with Gasteiger partial charge in [-0.25, -0.2) is 0 Å². The van der Waals surface area contributed by atoms with Gasteiger partial charge < -0.3 is 19.3 Å². The number of ether oxygens (including phenoxy) is 3. The number of rotatable bonds is 7. The minimum atomic E-state index is -0.177. The van der Waals surface area contributed by atoms with E-state index in [0.717, 1.165) is 29.5 Å². The predicted octanol–water partition coefficient (Wildman–Crippen LogP) is 6.52. The molecule has 6 nitrogen and oxygen atoms in total. The number of carbonyl (C=O) groups is 2. The second-order valence-electron chi connectivity index (χ2n) is 9.12. The number of halogens is 2. The largest absolute Gasteiger partial charge is 0.506 e. The molecule has 37 heavy (non-hydrogen) atoms. The van der Waals surface area contributed by atoms with Gasteiger partial charge in [0.15, 0.2) is 0 Å². The maximum Gasteiger partial charge on any atom is 0.309 e. The summed E-state index contributed by atoms with van der Waals surface area (Å²) in [6, 6.07) is 20.7. The summed E-state index contributed by atoms with van der Waals surface area (Å²) in [7, 11) is 2.81. The van der Waals surface area contributed by atoms with Gasteiger partial charge in [0, 0.05) is 0 Å². The lowest BCUT2D eigenvalue weighted by molar-refractivity contribution is -0.143. The number of methoxy groups -OCH3 is 2. The van der Waals surface area contributed by atoms with Crippen molar-refractivity contribution in [1.29, 1.82) is 0 Å². The Labute approximate surface area is 226 Å². The van der Waals surface area contributed by atoms with Gasteiger partial charge in [-0.3, -0.25) is 9.59 Å². The van der Waals surface area contributed by atoms with Crippen molar-refractivity contribution in [3.63, 3.8) is 0 Å². The van der Waals surface area contributed by atoms with Gasteiger partial charge >= 0.3 is 11.9 Å². The van der Waals surface area contributed by atoms with Gasteiger partial charge in [-0.2, -0.15) is 0 Å². The fourth-order valence-corrected chi connectivity index (χ4v) is 4.74. The van der Waals surface area contributed by atoms with Gasteiger partial charge in [0.1, 0.15) is 18.1 Å². The van der Waals surface area contributed by atoms with Gasteiger partial charge in [-0.05, 0) is 65.6 Å². The monoisotopic (exact) mass is 542 g/mol. The van der Waals surface area contributed by atoms with Crippen molar-refractivity contribution in [1.82, 2.24) is 0 Å². The van der Waals surface area contributed by atoms with E-state index in [1.165, 1.54) is 14.2 Å². The molecule has 2 aliphatic carbocycles. The lowest BCUT2D eigenvalue weighted by Gasteiger charge is -2.09. The molecule has 0 saturated heterocycles. The second-order valence-corrected chi connectivity index (χ2v) is 9.93. The first kappa shape index (κ1) is 26.8. The van der Waals surface area contributed by atoms with E-state index in [2.05, 4.69) is 4.74 Å². The number of esters is 2. The molecule has 5 rings (SSSR count). The number of hydrogen-bond donors (Lipinski definition) is 1. The Balaban J connectivity index is 0.000000186. The van der Waals surface area contributed by atoms with Gasteiger partial charge in [0.2, 0.25) is 0 Å². The highest BCUT2D eigenvalue weighted by Crippen LogP contribution is 2.50. The minimum Gasteiger partial charge on any atom is -0.506 e. The lowest BCUT2D eigenvalue weighted by atomic mass is 10.1. The highest BCUT2D eigenvalue weighted by atomic mass is 35.5. The van der Waals surface area contributed by atoms with Gasteiger partial charge in [0.05, 0.1) is 36.1 Å². The van der Waals surface area contributed by atoms with Crippen molar-refractivity contribution in [3.8, 4) is 11.5 Å². The van der Waals surface area contributed by atoms with Crippen LogP contribution in [0.1, 0.15) is 41.4 Å². The number of phenols is 1. The number of phenolic OH excluding ortho intramolecular Hbond substituents is 1. The maximum absolute atomic E-state index is 11.5. The molecule has 4 unspecified atom stereocenters. The van der Waals surface area contributed by atoms with Crippen molar-refractivity contribution in [2.75, 3.05) is 14.2 Å². The third-order valence-electron chi connectivity index (χ3n) is 6.61. The summed E-state index contributed by atoms with van der Waals surface area (Å²) in [6.07, 6.45) is 1.63. The fourth-order valence-electron chi connectivity index (χ4n) is 4.30. The molecule has 2 aliphatic rings. The summed E-state index contributed by atoms with van der Waals surface area (Å²) in [5.74, 6) is 0.728. The minimum absolute atomic E-state index is 0.0304. The second kappa shape index (κ2) is 11.9. The van der Waals surface area contributed by atoms with E-state index in [9.17, 15) is 14.7 Å². The molecule has 0 spiro atoms. The third-order valence-corrected chi connectivity index (χ3v) is 7.21. The quantitative estimate of drug-likeness (QED) is 0.342. The SMILES string of the molecule is COC(=O)C1CC1c1ccc(O)c(Cl)c1.COC(=O)C1CC1c1ccc(OCc2ccccc2)c(Cl)c1. The molecule has 4 atom stereocenters. The molecule has 3 aromatic rings. The van der Waals surface area contributed by atoms with Crippen molar-refractivity contribution in [2.45, 2.75) is 31.3 Å². The number of aromatic hydroxyl groups is 1. The molecular formula is C29H28Cl2O6. The topological polar surface area (TPSA) is 82.1 Å². The Hall–Kier alpha value is -3.22. The molecule has 1 N–H and O–H groups in total. The summed E-state index contributed by atoms with van der Waals surface area (Å²) in [5.41, 5.74) is 3.14. The summed E-state index contributed by atoms with van der Waals surface area (Å²) in [6.45, 7) is 0.480. The van der Waals surface area contributed by atoms with E-state index < -0.39 is 0 Å². The molecule has 0 aromatic heterocycles. The average molecular weight is 543 g/mol. The van der Waals surface area contributed by atoms with Crippen LogP contribution in [0.15, 0.2) is 66.7 Å². The molecule has 8 heteroatoms. The van der Waals surface area contributed by atoms with E-state index in [-0.39, 0.29) is 41.4 Å². The smallest absolute Gasteiger partial charge is 0.309 e. The van der Waals surface area contributed by atoms with Crippen LogP contribution in [0, 0.1) is 11.8 Å². The zero-order valence-electron chi connectivity index (χ0n) is 20.5. The molecule has 0 radical (unpaired) electrons. The standard InChI is InChI=1S/C18H17ClO3.C11H11ClO3/c1-21-18(20)15-10-14(15)13-7-8-17(16(19)9-13)22-11-12-5-3-2-4-6-12;1-15-11(14)8-5-7(8)6-2-3-10(13)9(12)4-6/h2-9,14-15H,10-11H2,1H3;2-4,7-8,13H,5H2,1H3. The van der Waals surface area contributed by atoms with Crippen LogP contribution in [0.4, 0.5) is 0 Å². The first-order chi connectivity index (χ1) is 17.8. The van der Waals surface area contributed by atoms with Crippen LogP contribution in [-0.2, 0) is 25.7 Å². The van der Waals surface area contributed by atoms with Crippen molar-refractivity contribution in [2.24, 2.45) is 11.8 Å².